The molecule has 0 aliphatic rings. The van der Waals surface area contributed by atoms with Gasteiger partial charge in [0, 0.05) is 30.0 Å². The Bertz CT molecular complexity index is 571. The quantitative estimate of drug-likeness (QED) is 0.925. The summed E-state index contributed by atoms with van der Waals surface area (Å²) in [7, 11) is 1.93. The second-order valence-corrected chi connectivity index (χ2v) is 5.34. The van der Waals surface area contributed by atoms with Gasteiger partial charge in [0.15, 0.2) is 0 Å². The highest BCUT2D eigenvalue weighted by Gasteiger charge is 2.16. The second kappa shape index (κ2) is 4.94. The molecule has 2 aromatic heterocycles. The van der Waals surface area contributed by atoms with E-state index in [1.54, 1.807) is 11.3 Å². The molecule has 2 rings (SSSR count). The number of nitrogens with one attached hydrogen (secondary N) is 1. The molecular formula is C13H17N3OS. The number of hydrogen-bond donors (Lipinski definition) is 1. The number of thiazole rings is 1. The van der Waals surface area contributed by atoms with Gasteiger partial charge in [-0.2, -0.15) is 0 Å². The Kier molecular flexibility index (Phi) is 3.52. The van der Waals surface area contributed by atoms with Crippen molar-refractivity contribution in [1.29, 1.82) is 0 Å². The van der Waals surface area contributed by atoms with E-state index in [0.717, 1.165) is 22.0 Å². The summed E-state index contributed by atoms with van der Waals surface area (Å²) in [4.78, 5) is 16.5. The summed E-state index contributed by atoms with van der Waals surface area (Å²) in [5.74, 6) is -0.0477. The lowest BCUT2D eigenvalue weighted by molar-refractivity contribution is 0.0939. The molecule has 0 unspecified atom stereocenters. The van der Waals surface area contributed by atoms with Crippen LogP contribution in [-0.2, 0) is 7.05 Å². The smallest absolute Gasteiger partial charge is 0.253 e. The predicted molar refractivity (Wildman–Crippen MR) is 72.9 cm³/mol. The van der Waals surface area contributed by atoms with Crippen molar-refractivity contribution in [2.75, 3.05) is 0 Å². The van der Waals surface area contributed by atoms with Gasteiger partial charge >= 0.3 is 0 Å². The third kappa shape index (κ3) is 2.46. The molecule has 0 aromatic carbocycles. The molecule has 1 atom stereocenters. The molecule has 0 bridgehead atoms. The Morgan fingerprint density at radius 1 is 1.50 bits per heavy atom. The normalized spacial score (nSPS) is 12.4. The first kappa shape index (κ1) is 12.8. The van der Waals surface area contributed by atoms with Crippen LogP contribution in [0.4, 0.5) is 0 Å². The summed E-state index contributed by atoms with van der Waals surface area (Å²) < 4.78 is 1.94. The number of rotatable bonds is 3. The molecule has 5 heteroatoms. The number of amides is 1. The molecule has 1 amide bonds. The molecule has 0 aliphatic carbocycles. The average molecular weight is 263 g/mol. The molecule has 18 heavy (non-hydrogen) atoms. The van der Waals surface area contributed by atoms with Gasteiger partial charge in [0.25, 0.3) is 5.91 Å². The van der Waals surface area contributed by atoms with Crippen LogP contribution in [0.1, 0.15) is 39.7 Å². The minimum Gasteiger partial charge on any atom is -0.354 e. The Labute approximate surface area is 111 Å². The van der Waals surface area contributed by atoms with Gasteiger partial charge < -0.3 is 9.88 Å². The fraction of sp³-hybridized carbons (Fsp3) is 0.385. The number of nitrogens with zero attached hydrogens (tertiary/aromatic N) is 2. The van der Waals surface area contributed by atoms with Crippen molar-refractivity contribution in [3.63, 3.8) is 0 Å². The van der Waals surface area contributed by atoms with Crippen molar-refractivity contribution in [1.82, 2.24) is 14.9 Å². The van der Waals surface area contributed by atoms with E-state index in [4.69, 9.17) is 0 Å². The SMILES string of the molecule is Cc1csc([C@H](C)NC(=O)c2ccn(C)c2C)n1. The summed E-state index contributed by atoms with van der Waals surface area (Å²) in [5.41, 5.74) is 2.68. The van der Waals surface area contributed by atoms with E-state index in [0.29, 0.717) is 0 Å². The number of carbonyl (C=O) groups excluding carboxylic acids is 1. The lowest BCUT2D eigenvalue weighted by Crippen LogP contribution is -2.27. The van der Waals surface area contributed by atoms with Crippen molar-refractivity contribution < 1.29 is 4.79 Å². The number of hydrogen-bond acceptors (Lipinski definition) is 3. The lowest BCUT2D eigenvalue weighted by Gasteiger charge is -2.11. The second-order valence-electron chi connectivity index (χ2n) is 4.45. The third-order valence-electron chi connectivity index (χ3n) is 2.98. The van der Waals surface area contributed by atoms with Crippen molar-refractivity contribution in [2.45, 2.75) is 26.8 Å². The monoisotopic (exact) mass is 263 g/mol. The van der Waals surface area contributed by atoms with E-state index in [1.165, 1.54) is 0 Å². The van der Waals surface area contributed by atoms with E-state index >= 15 is 0 Å². The van der Waals surface area contributed by atoms with Crippen LogP contribution in [0.3, 0.4) is 0 Å². The first-order valence-electron chi connectivity index (χ1n) is 5.84. The van der Waals surface area contributed by atoms with Crippen molar-refractivity contribution in [3.05, 3.63) is 39.6 Å². The number of carbonyl (C=O) groups is 1. The van der Waals surface area contributed by atoms with Crippen LogP contribution in [0.25, 0.3) is 0 Å². The van der Waals surface area contributed by atoms with Gasteiger partial charge in [-0.15, -0.1) is 11.3 Å². The fourth-order valence-corrected chi connectivity index (χ4v) is 2.56. The minimum atomic E-state index is -0.0594. The maximum absolute atomic E-state index is 12.1. The van der Waals surface area contributed by atoms with Crippen LogP contribution in [-0.4, -0.2) is 15.5 Å². The summed E-state index contributed by atoms with van der Waals surface area (Å²) in [5, 5.41) is 5.91. The predicted octanol–water partition coefficient (Wildman–Crippen LogP) is 2.59. The van der Waals surface area contributed by atoms with Gasteiger partial charge in [-0.25, -0.2) is 4.98 Å². The minimum absolute atomic E-state index is 0.0477. The molecular weight excluding hydrogens is 246 g/mol. The molecule has 2 heterocycles. The highest BCUT2D eigenvalue weighted by atomic mass is 32.1. The van der Waals surface area contributed by atoms with E-state index < -0.39 is 0 Å². The Balaban J connectivity index is 2.10. The Hall–Kier alpha value is -1.62. The van der Waals surface area contributed by atoms with Crippen LogP contribution < -0.4 is 5.32 Å². The zero-order valence-electron chi connectivity index (χ0n) is 11.0. The van der Waals surface area contributed by atoms with Crippen molar-refractivity contribution in [2.24, 2.45) is 7.05 Å². The first-order chi connectivity index (χ1) is 8.49. The van der Waals surface area contributed by atoms with Gasteiger partial charge in [0.05, 0.1) is 11.6 Å². The zero-order chi connectivity index (χ0) is 13.3. The van der Waals surface area contributed by atoms with Gasteiger partial charge in [-0.05, 0) is 26.8 Å². The molecule has 0 saturated heterocycles. The maximum atomic E-state index is 12.1. The van der Waals surface area contributed by atoms with E-state index in [-0.39, 0.29) is 11.9 Å². The van der Waals surface area contributed by atoms with Crippen LogP contribution in [0.15, 0.2) is 17.6 Å². The molecule has 2 aromatic rings. The molecule has 96 valence electrons. The van der Waals surface area contributed by atoms with Crippen LogP contribution in [0, 0.1) is 13.8 Å². The summed E-state index contributed by atoms with van der Waals surface area (Å²) in [6, 6.07) is 1.78. The molecule has 0 radical (unpaired) electrons. The van der Waals surface area contributed by atoms with E-state index in [2.05, 4.69) is 10.3 Å². The van der Waals surface area contributed by atoms with E-state index in [9.17, 15) is 4.79 Å². The van der Waals surface area contributed by atoms with Crippen molar-refractivity contribution >= 4 is 17.2 Å². The van der Waals surface area contributed by atoms with Gasteiger partial charge in [-0.3, -0.25) is 4.79 Å². The number of aryl methyl sites for hydroxylation is 2. The summed E-state index contributed by atoms with van der Waals surface area (Å²) in [6.45, 7) is 5.84. The van der Waals surface area contributed by atoms with Crippen LogP contribution in [0.5, 0.6) is 0 Å². The van der Waals surface area contributed by atoms with Gasteiger partial charge in [0.2, 0.25) is 0 Å². The standard InChI is InChI=1S/C13H17N3OS/c1-8-7-18-13(14-8)9(2)15-12(17)11-5-6-16(4)10(11)3/h5-7,9H,1-4H3,(H,15,17)/t9-/m0/s1. The zero-order valence-corrected chi connectivity index (χ0v) is 11.8. The summed E-state index contributed by atoms with van der Waals surface area (Å²) >= 11 is 1.57. The fourth-order valence-electron chi connectivity index (χ4n) is 1.76. The topological polar surface area (TPSA) is 46.9 Å². The van der Waals surface area contributed by atoms with E-state index in [1.807, 2.05) is 50.0 Å². The van der Waals surface area contributed by atoms with Crippen LogP contribution >= 0.6 is 11.3 Å². The lowest BCUT2D eigenvalue weighted by atomic mass is 10.2. The molecule has 0 aliphatic heterocycles. The molecule has 1 N–H and O–H groups in total. The average Bonchev–Trinajstić information content (AvgIpc) is 2.87. The Morgan fingerprint density at radius 3 is 2.72 bits per heavy atom. The van der Waals surface area contributed by atoms with Crippen molar-refractivity contribution in [3.8, 4) is 0 Å². The van der Waals surface area contributed by atoms with Gasteiger partial charge in [-0.1, -0.05) is 0 Å². The largest absolute Gasteiger partial charge is 0.354 e. The maximum Gasteiger partial charge on any atom is 0.253 e. The third-order valence-corrected chi connectivity index (χ3v) is 4.13. The highest BCUT2D eigenvalue weighted by molar-refractivity contribution is 7.09. The van der Waals surface area contributed by atoms with Gasteiger partial charge in [0.1, 0.15) is 5.01 Å². The van der Waals surface area contributed by atoms with Crippen LogP contribution in [0.2, 0.25) is 0 Å². The number of aromatic nitrogens is 2. The molecule has 0 fully saturated rings. The first-order valence-corrected chi connectivity index (χ1v) is 6.72. The Morgan fingerprint density at radius 2 is 2.22 bits per heavy atom. The molecule has 4 nitrogen and oxygen atoms in total. The molecule has 0 spiro atoms. The summed E-state index contributed by atoms with van der Waals surface area (Å²) in [6.07, 6.45) is 1.89. The molecule has 0 saturated carbocycles. The highest BCUT2D eigenvalue weighted by Crippen LogP contribution is 2.18.